The van der Waals surface area contributed by atoms with Crippen molar-refractivity contribution >= 4 is 38.6 Å². The third-order valence-corrected chi connectivity index (χ3v) is 5.84. The summed E-state index contributed by atoms with van der Waals surface area (Å²) in [6, 6.07) is 12.6. The number of sulfonamides is 1. The monoisotopic (exact) mass is 426 g/mol. The lowest BCUT2D eigenvalue weighted by molar-refractivity contribution is -0.137. The Labute approximate surface area is 162 Å². The summed E-state index contributed by atoms with van der Waals surface area (Å²) in [6.45, 7) is 0. The molecule has 1 aromatic heterocycles. The van der Waals surface area contributed by atoms with E-state index >= 15 is 0 Å². The van der Waals surface area contributed by atoms with E-state index in [0.717, 1.165) is 12.1 Å². The van der Waals surface area contributed by atoms with E-state index in [9.17, 15) is 26.4 Å². The molecule has 0 unspecified atom stereocenters. The normalized spacial score (nSPS) is 11.8. The molecule has 10 heteroatoms. The van der Waals surface area contributed by atoms with Crippen LogP contribution in [0, 0.1) is 0 Å². The van der Waals surface area contributed by atoms with Crippen molar-refractivity contribution < 1.29 is 26.4 Å². The molecule has 0 aliphatic rings. The van der Waals surface area contributed by atoms with Crippen molar-refractivity contribution in [1.29, 1.82) is 0 Å². The van der Waals surface area contributed by atoms with Crippen LogP contribution in [-0.4, -0.2) is 14.3 Å². The van der Waals surface area contributed by atoms with E-state index in [1.807, 2.05) is 0 Å². The molecule has 0 bridgehead atoms. The zero-order chi connectivity index (χ0) is 20.4. The zero-order valence-electron chi connectivity index (χ0n) is 14.0. The third-order valence-electron chi connectivity index (χ3n) is 3.59. The molecule has 28 heavy (non-hydrogen) atoms. The summed E-state index contributed by atoms with van der Waals surface area (Å²) in [5, 5.41) is 4.31. The molecular formula is C18H13F3N2O3S2. The quantitative estimate of drug-likeness (QED) is 0.614. The summed E-state index contributed by atoms with van der Waals surface area (Å²) in [7, 11) is -4.15. The zero-order valence-corrected chi connectivity index (χ0v) is 15.7. The van der Waals surface area contributed by atoms with Crippen LogP contribution in [0.5, 0.6) is 0 Å². The Hall–Kier alpha value is -2.85. The lowest BCUT2D eigenvalue weighted by Crippen LogP contribution is -2.15. The predicted molar refractivity (Wildman–Crippen MR) is 101 cm³/mol. The number of alkyl halides is 3. The Bertz CT molecular complexity index is 1100. The van der Waals surface area contributed by atoms with Crippen LogP contribution in [-0.2, 0) is 16.2 Å². The van der Waals surface area contributed by atoms with Crippen LogP contribution in [0.4, 0.5) is 24.5 Å². The smallest absolute Gasteiger partial charge is 0.321 e. The number of carbonyl (C=O) groups is 1. The van der Waals surface area contributed by atoms with E-state index in [2.05, 4.69) is 10.0 Å². The minimum Gasteiger partial charge on any atom is -0.321 e. The van der Waals surface area contributed by atoms with E-state index in [1.165, 1.54) is 41.7 Å². The lowest BCUT2D eigenvalue weighted by Gasteiger charge is -2.12. The molecule has 0 aliphatic carbocycles. The number of carbonyl (C=O) groups excluding carboxylic acids is 1. The summed E-state index contributed by atoms with van der Waals surface area (Å²) in [4.78, 5) is 12.3. The van der Waals surface area contributed by atoms with E-state index in [-0.39, 0.29) is 16.3 Å². The van der Waals surface area contributed by atoms with Crippen LogP contribution >= 0.6 is 11.3 Å². The second-order valence-corrected chi connectivity index (χ2v) is 8.27. The first-order valence-electron chi connectivity index (χ1n) is 7.80. The van der Waals surface area contributed by atoms with Crippen LogP contribution < -0.4 is 10.0 Å². The highest BCUT2D eigenvalue weighted by atomic mass is 32.2. The number of anilines is 2. The number of nitrogens with one attached hydrogen (secondary N) is 2. The van der Waals surface area contributed by atoms with Gasteiger partial charge in [0, 0.05) is 11.4 Å². The lowest BCUT2D eigenvalue weighted by atomic mass is 10.2. The number of hydrogen-bond acceptors (Lipinski definition) is 4. The van der Waals surface area contributed by atoms with Gasteiger partial charge in [0.15, 0.2) is 0 Å². The Kier molecular flexibility index (Phi) is 5.43. The molecule has 3 aromatic rings. The maximum absolute atomic E-state index is 12.8. The van der Waals surface area contributed by atoms with Gasteiger partial charge in [-0.25, -0.2) is 8.42 Å². The van der Waals surface area contributed by atoms with Crippen molar-refractivity contribution in [2.24, 2.45) is 0 Å². The topological polar surface area (TPSA) is 75.3 Å². The van der Waals surface area contributed by atoms with Crippen molar-refractivity contribution in [2.45, 2.75) is 11.1 Å². The molecule has 0 saturated heterocycles. The molecule has 0 fully saturated rings. The van der Waals surface area contributed by atoms with Crippen LogP contribution in [0.1, 0.15) is 15.2 Å². The van der Waals surface area contributed by atoms with Gasteiger partial charge in [0.25, 0.3) is 15.9 Å². The molecule has 2 N–H and O–H groups in total. The fourth-order valence-corrected chi connectivity index (χ4v) is 4.03. The number of halogens is 3. The molecule has 1 heterocycles. The first-order valence-corrected chi connectivity index (χ1v) is 10.2. The predicted octanol–water partition coefficient (Wildman–Crippen LogP) is 4.82. The van der Waals surface area contributed by atoms with Gasteiger partial charge in [-0.3, -0.25) is 9.52 Å². The average Bonchev–Trinajstić information content (AvgIpc) is 3.16. The number of benzene rings is 2. The largest absolute Gasteiger partial charge is 0.416 e. The summed E-state index contributed by atoms with van der Waals surface area (Å²) in [5.74, 6) is -0.393. The first-order chi connectivity index (χ1) is 13.1. The van der Waals surface area contributed by atoms with Crippen molar-refractivity contribution in [3.63, 3.8) is 0 Å². The number of amides is 1. The van der Waals surface area contributed by atoms with Crippen LogP contribution in [0.15, 0.2) is 70.9 Å². The van der Waals surface area contributed by atoms with Gasteiger partial charge >= 0.3 is 6.18 Å². The molecule has 146 valence electrons. The Balaban J connectivity index is 1.82. The standard InChI is InChI=1S/C18H13F3N2O3S2/c19-18(20,21)12-4-1-6-14(10-12)23-28(25,26)15-7-2-5-13(11-15)22-17(24)16-8-3-9-27-16/h1-11,23H,(H,22,24). The van der Waals surface area contributed by atoms with Crippen LogP contribution in [0.25, 0.3) is 0 Å². The molecule has 0 saturated carbocycles. The molecule has 5 nitrogen and oxygen atoms in total. The van der Waals surface area contributed by atoms with Crippen molar-refractivity contribution in [3.8, 4) is 0 Å². The maximum atomic E-state index is 12.8. The molecular weight excluding hydrogens is 413 g/mol. The fraction of sp³-hybridized carbons (Fsp3) is 0.0556. The van der Waals surface area contributed by atoms with Gasteiger partial charge < -0.3 is 5.32 Å². The second kappa shape index (κ2) is 7.64. The minimum absolute atomic E-state index is 0.200. The molecule has 0 spiro atoms. The van der Waals surface area contributed by atoms with Gasteiger partial charge in [-0.2, -0.15) is 13.2 Å². The third kappa shape index (κ3) is 4.70. The highest BCUT2D eigenvalue weighted by Crippen LogP contribution is 2.31. The molecule has 0 atom stereocenters. The van der Waals surface area contributed by atoms with Crippen molar-refractivity contribution in [2.75, 3.05) is 10.0 Å². The van der Waals surface area contributed by atoms with E-state index in [1.54, 1.807) is 17.5 Å². The maximum Gasteiger partial charge on any atom is 0.416 e. The van der Waals surface area contributed by atoms with Crippen molar-refractivity contribution in [1.82, 2.24) is 0 Å². The SMILES string of the molecule is O=C(Nc1cccc(S(=O)(=O)Nc2cccc(C(F)(F)F)c2)c1)c1cccs1. The minimum atomic E-state index is -4.59. The fourth-order valence-electron chi connectivity index (χ4n) is 2.31. The highest BCUT2D eigenvalue weighted by molar-refractivity contribution is 7.92. The summed E-state index contributed by atoms with van der Waals surface area (Å²) in [6.07, 6.45) is -4.59. The summed E-state index contributed by atoms with van der Waals surface area (Å²) in [5.41, 5.74) is -0.946. The highest BCUT2D eigenvalue weighted by Gasteiger charge is 2.30. The second-order valence-electron chi connectivity index (χ2n) is 5.64. The summed E-state index contributed by atoms with van der Waals surface area (Å²) >= 11 is 1.23. The Morgan fingerprint density at radius 3 is 2.32 bits per heavy atom. The van der Waals surface area contributed by atoms with E-state index in [4.69, 9.17) is 0 Å². The molecule has 3 rings (SSSR count). The van der Waals surface area contributed by atoms with Crippen LogP contribution in [0.2, 0.25) is 0 Å². The van der Waals surface area contributed by atoms with Gasteiger partial charge in [-0.15, -0.1) is 11.3 Å². The molecule has 1 amide bonds. The van der Waals surface area contributed by atoms with Gasteiger partial charge in [-0.05, 0) is 47.8 Å². The van der Waals surface area contributed by atoms with E-state index in [0.29, 0.717) is 10.9 Å². The van der Waals surface area contributed by atoms with Gasteiger partial charge in [0.05, 0.1) is 15.3 Å². The number of rotatable bonds is 5. The Morgan fingerprint density at radius 2 is 1.64 bits per heavy atom. The van der Waals surface area contributed by atoms with Crippen LogP contribution in [0.3, 0.4) is 0 Å². The molecule has 2 aromatic carbocycles. The van der Waals surface area contributed by atoms with Gasteiger partial charge in [0.1, 0.15) is 0 Å². The molecule has 0 radical (unpaired) electrons. The summed E-state index contributed by atoms with van der Waals surface area (Å²) < 4.78 is 65.6. The van der Waals surface area contributed by atoms with Crippen molar-refractivity contribution in [3.05, 3.63) is 76.5 Å². The number of hydrogen-bond donors (Lipinski definition) is 2. The van der Waals surface area contributed by atoms with Gasteiger partial charge in [-0.1, -0.05) is 18.2 Å². The number of thiophene rings is 1. The van der Waals surface area contributed by atoms with E-state index < -0.39 is 27.7 Å². The van der Waals surface area contributed by atoms with Gasteiger partial charge in [0.2, 0.25) is 0 Å². The first kappa shape index (κ1) is 19.9. The Morgan fingerprint density at radius 1 is 0.929 bits per heavy atom. The average molecular weight is 426 g/mol. The molecule has 0 aliphatic heterocycles.